The Morgan fingerprint density at radius 1 is 1.16 bits per heavy atom. The number of hydrogen-bond donors (Lipinski definition) is 2. The number of benzene rings is 1. The fourth-order valence-corrected chi connectivity index (χ4v) is 6.77. The molecule has 0 saturated heterocycles. The maximum Gasteiger partial charge on any atom is 0.238 e. The second-order valence-electron chi connectivity index (χ2n) is 7.60. The number of Topliss-reactive ketones (excluding diaryl/α,β-unsaturated/α-hetero) is 1. The Labute approximate surface area is 148 Å². The van der Waals surface area contributed by atoms with Crippen LogP contribution >= 0.6 is 0 Å². The first-order valence-electron chi connectivity index (χ1n) is 8.04. The molecule has 7 nitrogen and oxygen atoms in total. The molecule has 9 heteroatoms. The number of ketones is 1. The highest BCUT2D eigenvalue weighted by molar-refractivity contribution is 7.92. The summed E-state index contributed by atoms with van der Waals surface area (Å²) in [4.78, 5) is 12.4. The minimum Gasteiger partial charge on any atom is -0.299 e. The average Bonchev–Trinajstić information content (AvgIpc) is 2.80. The summed E-state index contributed by atoms with van der Waals surface area (Å²) in [6.07, 6.45) is 1.91. The number of nitrogens with one attached hydrogen (secondary N) is 1. The first-order chi connectivity index (χ1) is 11.4. The SMILES string of the molecule is CC1(C)[C@@H]2CC[C@]1(CS(=O)(=O)Nc1ccc(S(N)(=O)=O)cc1)C(=O)C2. The highest BCUT2D eigenvalue weighted by Gasteiger charge is 2.65. The molecule has 0 radical (unpaired) electrons. The van der Waals surface area contributed by atoms with Gasteiger partial charge in [-0.05, 0) is 48.4 Å². The Hall–Kier alpha value is -1.45. The molecule has 2 aliphatic carbocycles. The Bertz CT molecular complexity index is 920. The number of carbonyl (C=O) groups is 1. The van der Waals surface area contributed by atoms with Crippen LogP contribution in [0.25, 0.3) is 0 Å². The summed E-state index contributed by atoms with van der Waals surface area (Å²) in [6, 6.07) is 5.16. The molecule has 3 rings (SSSR count). The van der Waals surface area contributed by atoms with Crippen LogP contribution in [0.5, 0.6) is 0 Å². The van der Waals surface area contributed by atoms with Crippen molar-refractivity contribution in [2.75, 3.05) is 10.5 Å². The van der Waals surface area contributed by atoms with E-state index in [0.29, 0.717) is 12.8 Å². The lowest BCUT2D eigenvalue weighted by atomic mass is 9.70. The molecular weight excluding hydrogens is 364 g/mol. The van der Waals surface area contributed by atoms with Crippen LogP contribution in [-0.4, -0.2) is 28.4 Å². The molecule has 2 bridgehead atoms. The molecule has 138 valence electrons. The molecule has 0 aromatic heterocycles. The number of anilines is 1. The molecule has 2 fully saturated rings. The summed E-state index contributed by atoms with van der Waals surface area (Å²) in [5.74, 6) is 0.0205. The summed E-state index contributed by atoms with van der Waals surface area (Å²) in [6.45, 7) is 3.96. The lowest BCUT2D eigenvalue weighted by molar-refractivity contribution is -0.128. The fraction of sp³-hybridized carbons (Fsp3) is 0.562. The normalized spacial score (nSPS) is 28.3. The molecular formula is C16H22N2O5S2. The van der Waals surface area contributed by atoms with Crippen molar-refractivity contribution >= 4 is 31.5 Å². The van der Waals surface area contributed by atoms with E-state index in [1.165, 1.54) is 24.3 Å². The minimum absolute atomic E-state index is 0.0312. The van der Waals surface area contributed by atoms with Gasteiger partial charge in [0.15, 0.2) is 0 Å². The lowest BCUT2D eigenvalue weighted by Gasteiger charge is -2.36. The van der Waals surface area contributed by atoms with Crippen molar-refractivity contribution in [3.05, 3.63) is 24.3 Å². The van der Waals surface area contributed by atoms with E-state index in [9.17, 15) is 21.6 Å². The van der Waals surface area contributed by atoms with Crippen LogP contribution in [0.4, 0.5) is 5.69 Å². The van der Waals surface area contributed by atoms with Gasteiger partial charge in [-0.15, -0.1) is 0 Å². The lowest BCUT2D eigenvalue weighted by Crippen LogP contribution is -2.43. The van der Waals surface area contributed by atoms with Crippen LogP contribution < -0.4 is 9.86 Å². The van der Waals surface area contributed by atoms with Gasteiger partial charge in [-0.1, -0.05) is 13.8 Å². The number of carbonyl (C=O) groups excluding carboxylic acids is 1. The summed E-state index contributed by atoms with van der Waals surface area (Å²) < 4.78 is 50.2. The third kappa shape index (κ3) is 2.98. The quantitative estimate of drug-likeness (QED) is 0.793. The Morgan fingerprint density at radius 3 is 2.20 bits per heavy atom. The van der Waals surface area contributed by atoms with Crippen LogP contribution in [0.1, 0.15) is 33.1 Å². The second-order valence-corrected chi connectivity index (χ2v) is 10.9. The first-order valence-corrected chi connectivity index (χ1v) is 11.2. The zero-order chi connectivity index (χ0) is 18.7. The minimum atomic E-state index is -3.83. The van der Waals surface area contributed by atoms with E-state index in [2.05, 4.69) is 4.72 Å². The van der Waals surface area contributed by atoms with Crippen LogP contribution in [0.15, 0.2) is 29.2 Å². The molecule has 0 spiro atoms. The van der Waals surface area contributed by atoms with Gasteiger partial charge in [0, 0.05) is 12.1 Å². The molecule has 0 unspecified atom stereocenters. The zero-order valence-corrected chi connectivity index (χ0v) is 15.8. The highest BCUT2D eigenvalue weighted by atomic mass is 32.2. The topological polar surface area (TPSA) is 123 Å². The van der Waals surface area contributed by atoms with E-state index in [1.54, 1.807) is 0 Å². The van der Waals surface area contributed by atoms with Gasteiger partial charge in [-0.25, -0.2) is 22.0 Å². The van der Waals surface area contributed by atoms with Gasteiger partial charge in [-0.3, -0.25) is 9.52 Å². The summed E-state index contributed by atoms with van der Waals surface area (Å²) in [5.41, 5.74) is -0.943. The van der Waals surface area contributed by atoms with Crippen molar-refractivity contribution in [3.63, 3.8) is 0 Å². The molecule has 2 saturated carbocycles. The number of fused-ring (bicyclic) bond motifs is 2. The molecule has 25 heavy (non-hydrogen) atoms. The average molecular weight is 386 g/mol. The standard InChI is InChI=1S/C16H22N2O5S2/c1-15(2)11-7-8-16(15,14(19)9-11)10-24(20,21)18-12-3-5-13(6-4-12)25(17,22)23/h3-6,11,18H,7-10H2,1-2H3,(H2,17,22,23)/t11-,16+/m1/s1. The monoisotopic (exact) mass is 386 g/mol. The molecule has 0 aliphatic heterocycles. The van der Waals surface area contributed by atoms with Crippen molar-refractivity contribution in [2.24, 2.45) is 21.9 Å². The first kappa shape index (κ1) is 18.3. The molecule has 0 heterocycles. The van der Waals surface area contributed by atoms with E-state index in [1.807, 2.05) is 13.8 Å². The highest BCUT2D eigenvalue weighted by Crippen LogP contribution is 2.64. The van der Waals surface area contributed by atoms with E-state index < -0.39 is 25.5 Å². The van der Waals surface area contributed by atoms with Gasteiger partial charge >= 0.3 is 0 Å². The predicted octanol–water partition coefficient (Wildman–Crippen LogP) is 1.47. The summed E-state index contributed by atoms with van der Waals surface area (Å²) >= 11 is 0. The molecule has 2 aliphatic rings. The van der Waals surface area contributed by atoms with Gasteiger partial charge in [0.05, 0.1) is 16.1 Å². The van der Waals surface area contributed by atoms with Gasteiger partial charge in [0.2, 0.25) is 20.0 Å². The zero-order valence-electron chi connectivity index (χ0n) is 14.2. The van der Waals surface area contributed by atoms with Crippen molar-refractivity contribution < 1.29 is 21.6 Å². The van der Waals surface area contributed by atoms with Crippen LogP contribution in [0.3, 0.4) is 0 Å². The van der Waals surface area contributed by atoms with Crippen molar-refractivity contribution in [2.45, 2.75) is 38.0 Å². The Balaban J connectivity index is 1.83. The number of primary sulfonamides is 1. The van der Waals surface area contributed by atoms with E-state index in [0.717, 1.165) is 6.42 Å². The summed E-state index contributed by atoms with van der Waals surface area (Å²) in [5, 5.41) is 5.02. The molecule has 0 amide bonds. The van der Waals surface area contributed by atoms with Crippen LogP contribution in [0.2, 0.25) is 0 Å². The molecule has 1 aromatic rings. The number of nitrogens with two attached hydrogens (primary N) is 1. The maximum absolute atomic E-state index is 12.6. The van der Waals surface area contributed by atoms with Crippen molar-refractivity contribution in [1.82, 2.24) is 0 Å². The molecule has 2 atom stereocenters. The fourth-order valence-electron chi connectivity index (χ4n) is 4.36. The molecule has 1 aromatic carbocycles. The largest absolute Gasteiger partial charge is 0.299 e. The van der Waals surface area contributed by atoms with Gasteiger partial charge < -0.3 is 0 Å². The molecule has 3 N–H and O–H groups in total. The maximum atomic E-state index is 12.6. The number of hydrogen-bond acceptors (Lipinski definition) is 5. The third-order valence-corrected chi connectivity index (χ3v) is 8.38. The Morgan fingerprint density at radius 2 is 1.76 bits per heavy atom. The van der Waals surface area contributed by atoms with Crippen molar-refractivity contribution in [3.8, 4) is 0 Å². The van der Waals surface area contributed by atoms with Gasteiger partial charge in [0.1, 0.15) is 5.78 Å². The number of rotatable bonds is 5. The predicted molar refractivity (Wildman–Crippen MR) is 93.8 cm³/mol. The van der Waals surface area contributed by atoms with Crippen molar-refractivity contribution in [1.29, 1.82) is 0 Å². The van der Waals surface area contributed by atoms with E-state index >= 15 is 0 Å². The van der Waals surface area contributed by atoms with Gasteiger partial charge in [0.25, 0.3) is 0 Å². The smallest absolute Gasteiger partial charge is 0.238 e. The van der Waals surface area contributed by atoms with Gasteiger partial charge in [-0.2, -0.15) is 0 Å². The Kier molecular flexibility index (Phi) is 4.05. The van der Waals surface area contributed by atoms with E-state index in [-0.39, 0.29) is 33.5 Å². The second kappa shape index (κ2) is 5.52. The van der Waals surface area contributed by atoms with Crippen LogP contribution in [0, 0.1) is 16.7 Å². The van der Waals surface area contributed by atoms with E-state index in [4.69, 9.17) is 5.14 Å². The number of sulfonamides is 2. The third-order valence-electron chi connectivity index (χ3n) is 6.03. The van der Waals surface area contributed by atoms with Crippen LogP contribution in [-0.2, 0) is 24.8 Å². The summed E-state index contributed by atoms with van der Waals surface area (Å²) in [7, 11) is -7.60.